The second-order valence-corrected chi connectivity index (χ2v) is 12.7. The molecule has 1 aliphatic carbocycles. The van der Waals surface area contributed by atoms with Crippen LogP contribution in [0.2, 0.25) is 5.02 Å². The molecule has 2 aromatic rings. The van der Waals surface area contributed by atoms with Crippen molar-refractivity contribution in [3.8, 4) is 6.01 Å². The lowest BCUT2D eigenvalue weighted by Gasteiger charge is -2.43. The number of hydrogen-bond acceptors (Lipinski definition) is 7. The van der Waals surface area contributed by atoms with E-state index >= 15 is 0 Å². The smallest absolute Gasteiger partial charge is 0.318 e. The lowest BCUT2D eigenvalue weighted by molar-refractivity contribution is -0.0855. The van der Waals surface area contributed by atoms with Crippen LogP contribution in [0.5, 0.6) is 6.01 Å². The van der Waals surface area contributed by atoms with Crippen molar-refractivity contribution in [1.82, 2.24) is 14.9 Å². The van der Waals surface area contributed by atoms with Crippen molar-refractivity contribution in [3.63, 3.8) is 0 Å². The Morgan fingerprint density at radius 1 is 1.10 bits per heavy atom. The minimum atomic E-state index is -0.798. The molecule has 1 N–H and O–H groups in total. The van der Waals surface area contributed by atoms with Gasteiger partial charge >= 0.3 is 6.01 Å². The first-order valence-corrected chi connectivity index (χ1v) is 15.1. The van der Waals surface area contributed by atoms with Crippen molar-refractivity contribution in [1.29, 1.82) is 0 Å². The number of alkyl halides is 1. The Balaban J connectivity index is 1.24. The highest BCUT2D eigenvalue weighted by atomic mass is 35.5. The largest absolute Gasteiger partial charge is 0.461 e. The lowest BCUT2D eigenvalue weighted by Crippen LogP contribution is -2.44. The van der Waals surface area contributed by atoms with E-state index in [1.165, 1.54) is 11.1 Å². The Kier molecular flexibility index (Phi) is 6.73. The zero-order valence-electron chi connectivity index (χ0n) is 22.5. The van der Waals surface area contributed by atoms with Crippen molar-refractivity contribution in [2.24, 2.45) is 0 Å². The second kappa shape index (κ2) is 10.1. The number of aliphatic hydroxyl groups is 1. The average Bonchev–Trinajstić information content (AvgIpc) is 3.36. The summed E-state index contributed by atoms with van der Waals surface area (Å²) >= 11 is 6.62. The summed E-state index contributed by atoms with van der Waals surface area (Å²) in [5, 5.41) is 11.1. The first kappa shape index (κ1) is 25.9. The van der Waals surface area contributed by atoms with Crippen molar-refractivity contribution < 1.29 is 19.0 Å². The molecule has 0 amide bonds. The molecule has 3 fully saturated rings. The van der Waals surface area contributed by atoms with Crippen LogP contribution < -0.4 is 9.64 Å². The number of ether oxygens (including phenoxy) is 2. The molecule has 210 valence electrons. The van der Waals surface area contributed by atoms with Gasteiger partial charge in [-0.05, 0) is 75.1 Å². The van der Waals surface area contributed by atoms with Crippen LogP contribution in [0.1, 0.15) is 73.8 Å². The number of aliphatic hydroxyl groups excluding tert-OH is 1. The fourth-order valence-corrected chi connectivity index (χ4v) is 8.11. The molecule has 7 nitrogen and oxygen atoms in total. The summed E-state index contributed by atoms with van der Waals surface area (Å²) < 4.78 is 27.5. The summed E-state index contributed by atoms with van der Waals surface area (Å²) in [5.41, 5.74) is 3.63. The van der Waals surface area contributed by atoms with Gasteiger partial charge in [-0.25, -0.2) is 4.39 Å². The van der Waals surface area contributed by atoms with Gasteiger partial charge in [0.2, 0.25) is 0 Å². The summed E-state index contributed by atoms with van der Waals surface area (Å²) in [4.78, 5) is 14.5. The number of benzene rings is 1. The molecule has 39 heavy (non-hydrogen) atoms. The minimum absolute atomic E-state index is 0.255. The number of fused-ring (bicyclic) bond motifs is 4. The molecule has 9 heteroatoms. The number of rotatable bonds is 4. The molecule has 1 spiro atoms. The van der Waals surface area contributed by atoms with Crippen LogP contribution in [0, 0.1) is 0 Å². The molecule has 4 atom stereocenters. The summed E-state index contributed by atoms with van der Waals surface area (Å²) in [5.74, 6) is 0.858. The maximum atomic E-state index is 14.4. The Morgan fingerprint density at radius 2 is 2.03 bits per heavy atom. The third-order valence-corrected chi connectivity index (χ3v) is 10.2. The highest BCUT2D eigenvalue weighted by Gasteiger charge is 2.50. The van der Waals surface area contributed by atoms with E-state index < -0.39 is 11.8 Å². The number of halogens is 2. The highest BCUT2D eigenvalue weighted by molar-refractivity contribution is 6.31. The Morgan fingerprint density at radius 3 is 2.95 bits per heavy atom. The number of nitrogens with zero attached hydrogens (tertiary/aromatic N) is 4. The average molecular weight is 557 g/mol. The molecule has 0 bridgehead atoms. The van der Waals surface area contributed by atoms with Gasteiger partial charge in [0.05, 0.1) is 29.5 Å². The van der Waals surface area contributed by atoms with Gasteiger partial charge in [-0.1, -0.05) is 23.7 Å². The molecular formula is C30H38ClFN4O3. The molecule has 0 radical (unpaired) electrons. The topological polar surface area (TPSA) is 71.0 Å². The molecule has 7 rings (SSSR count). The molecule has 3 saturated heterocycles. The van der Waals surface area contributed by atoms with E-state index in [4.69, 9.17) is 31.0 Å². The molecule has 5 heterocycles. The van der Waals surface area contributed by atoms with Crippen molar-refractivity contribution in [3.05, 3.63) is 45.6 Å². The fourth-order valence-electron chi connectivity index (χ4n) is 7.84. The molecule has 2 unspecified atom stereocenters. The molecular weight excluding hydrogens is 519 g/mol. The quantitative estimate of drug-likeness (QED) is 0.583. The van der Waals surface area contributed by atoms with E-state index in [-0.39, 0.29) is 11.6 Å². The highest BCUT2D eigenvalue weighted by Crippen LogP contribution is 2.47. The first-order valence-electron chi connectivity index (χ1n) is 14.7. The third kappa shape index (κ3) is 4.61. The van der Waals surface area contributed by atoms with Gasteiger partial charge in [0, 0.05) is 43.1 Å². The Labute approximate surface area is 234 Å². The van der Waals surface area contributed by atoms with E-state index in [0.717, 1.165) is 86.7 Å². The second-order valence-electron chi connectivity index (χ2n) is 12.3. The normalized spacial score (nSPS) is 32.5. The monoisotopic (exact) mass is 556 g/mol. The van der Waals surface area contributed by atoms with Crippen LogP contribution in [0.15, 0.2) is 18.2 Å². The molecule has 4 aliphatic heterocycles. The van der Waals surface area contributed by atoms with E-state index in [0.29, 0.717) is 45.0 Å². The number of anilines is 1. The Hall–Kier alpha value is -2.00. The number of aromatic nitrogens is 2. The van der Waals surface area contributed by atoms with Crippen molar-refractivity contribution in [2.75, 3.05) is 37.7 Å². The predicted octanol–water partition coefficient (Wildman–Crippen LogP) is 4.74. The van der Waals surface area contributed by atoms with Crippen LogP contribution in [0.3, 0.4) is 0 Å². The third-order valence-electron chi connectivity index (χ3n) is 9.84. The summed E-state index contributed by atoms with van der Waals surface area (Å²) in [6, 6.07) is 6.51. The van der Waals surface area contributed by atoms with Crippen molar-refractivity contribution >= 4 is 17.4 Å². The molecule has 5 aliphatic rings. The van der Waals surface area contributed by atoms with Gasteiger partial charge in [-0.3, -0.25) is 4.90 Å². The minimum Gasteiger partial charge on any atom is -0.461 e. The standard InChI is InChI=1S/C30H38ClFN4O3/c31-25-8-1-7-24-22(25)6-2-11-30(24)16-26-23(18-39-30)27(35-12-3-5-21(37)9-14-35)34-28(33-26)38-19-29-10-4-13-36(29)17-20(32)15-29/h1,7-8,20-21,37H,2-6,9-19H2/t20-,21?,29+,30?/m1/s1. The number of hydrogen-bond donors (Lipinski definition) is 1. The van der Waals surface area contributed by atoms with Crippen LogP contribution in [-0.2, 0) is 29.8 Å². The SMILES string of the molecule is OC1CCCN(c2nc(OC[C@@]34CCCN3C[C@H](F)C4)nc3c2COC2(CCCc4c(Cl)cccc42)C3)CC1. The molecule has 0 saturated carbocycles. The van der Waals surface area contributed by atoms with E-state index in [9.17, 15) is 9.50 Å². The van der Waals surface area contributed by atoms with E-state index in [2.05, 4.69) is 15.9 Å². The lowest BCUT2D eigenvalue weighted by atomic mass is 9.75. The maximum absolute atomic E-state index is 14.4. The maximum Gasteiger partial charge on any atom is 0.318 e. The summed E-state index contributed by atoms with van der Waals surface area (Å²) in [7, 11) is 0. The summed E-state index contributed by atoms with van der Waals surface area (Å²) in [6.45, 7) is 3.82. The Bertz CT molecular complexity index is 1250. The van der Waals surface area contributed by atoms with Crippen LogP contribution >= 0.6 is 11.6 Å². The van der Waals surface area contributed by atoms with Gasteiger partial charge in [0.15, 0.2) is 0 Å². The van der Waals surface area contributed by atoms with E-state index in [1.54, 1.807) is 0 Å². The first-order chi connectivity index (χ1) is 18.9. The fraction of sp³-hybridized carbons (Fsp3) is 0.667. The molecule has 1 aromatic heterocycles. The predicted molar refractivity (Wildman–Crippen MR) is 147 cm³/mol. The zero-order chi connectivity index (χ0) is 26.6. The summed E-state index contributed by atoms with van der Waals surface area (Å²) in [6.07, 6.45) is 7.40. The van der Waals surface area contributed by atoms with Crippen LogP contribution in [0.25, 0.3) is 0 Å². The van der Waals surface area contributed by atoms with Gasteiger partial charge < -0.3 is 19.5 Å². The zero-order valence-corrected chi connectivity index (χ0v) is 23.3. The van der Waals surface area contributed by atoms with Crippen molar-refractivity contribution in [2.45, 2.75) is 94.2 Å². The van der Waals surface area contributed by atoms with E-state index in [1.807, 2.05) is 12.1 Å². The van der Waals surface area contributed by atoms with Gasteiger partial charge in [-0.15, -0.1) is 0 Å². The van der Waals surface area contributed by atoms with Gasteiger partial charge in [0.1, 0.15) is 18.6 Å². The van der Waals surface area contributed by atoms with Crippen LogP contribution in [-0.4, -0.2) is 70.6 Å². The molecule has 1 aromatic carbocycles. The van der Waals surface area contributed by atoms with Gasteiger partial charge in [-0.2, -0.15) is 9.97 Å². The van der Waals surface area contributed by atoms with Crippen LogP contribution in [0.4, 0.5) is 10.2 Å². The van der Waals surface area contributed by atoms with Gasteiger partial charge in [0.25, 0.3) is 0 Å².